The fraction of sp³-hybridized carbons (Fsp3) is 0.700. The Morgan fingerprint density at radius 2 is 1.73 bits per heavy atom. The first-order valence-electron chi connectivity index (χ1n) is 4.55. The fourth-order valence-corrected chi connectivity index (χ4v) is 0.831. The Bertz CT molecular complexity index is 259. The number of carbonyl (C=O) groups excluding carboxylic acids is 1. The summed E-state index contributed by atoms with van der Waals surface area (Å²) in [6.07, 6.45) is -4.32. The molecule has 2 nitrogen and oxygen atoms in total. The van der Waals surface area contributed by atoms with E-state index in [1.165, 1.54) is 0 Å². The smallest absolute Gasteiger partial charge is 0.454 e. The number of ketones is 1. The van der Waals surface area contributed by atoms with Gasteiger partial charge in [0.2, 0.25) is 0 Å². The number of hydrogen-bond donors (Lipinski definition) is 0. The zero-order valence-electron chi connectivity index (χ0n) is 9.23. The normalized spacial score (nSPS) is 13.9. The van der Waals surface area contributed by atoms with Crippen LogP contribution in [0.2, 0.25) is 0 Å². The molecule has 0 heterocycles. The van der Waals surface area contributed by atoms with Gasteiger partial charge in [-0.15, -0.1) is 0 Å². The molecule has 0 N–H and O–H groups in total. The lowest BCUT2D eigenvalue weighted by Crippen LogP contribution is -2.23. The monoisotopic (exact) mass is 224 g/mol. The number of carbonyl (C=O) groups is 1. The minimum atomic E-state index is -4.84. The molecule has 0 saturated heterocycles. The molecule has 5 heteroatoms. The van der Waals surface area contributed by atoms with Crippen LogP contribution in [0.5, 0.6) is 0 Å². The predicted molar refractivity (Wildman–Crippen MR) is 50.2 cm³/mol. The zero-order valence-corrected chi connectivity index (χ0v) is 9.23. The maximum Gasteiger partial charge on any atom is 0.454 e. The van der Waals surface area contributed by atoms with Crippen molar-refractivity contribution in [2.24, 2.45) is 5.41 Å². The number of halogens is 3. The predicted octanol–water partition coefficient (Wildman–Crippen LogP) is 3.08. The van der Waals surface area contributed by atoms with E-state index in [9.17, 15) is 18.0 Å². The number of ether oxygens (including phenoxy) is 1. The second kappa shape index (κ2) is 4.68. The Morgan fingerprint density at radius 3 is 2.00 bits per heavy atom. The third-order valence-electron chi connectivity index (χ3n) is 1.58. The second-order valence-electron chi connectivity index (χ2n) is 4.05. The van der Waals surface area contributed by atoms with Gasteiger partial charge in [0, 0.05) is 11.5 Å². The number of alkyl halides is 3. The summed E-state index contributed by atoms with van der Waals surface area (Å²) in [6.45, 7) is 6.92. The van der Waals surface area contributed by atoms with Gasteiger partial charge in [-0.25, -0.2) is 0 Å². The SMILES string of the molecule is CCOC(=CC(=O)C(F)(F)F)C(C)(C)C. The third-order valence-corrected chi connectivity index (χ3v) is 1.58. The first kappa shape index (κ1) is 14.0. The molecule has 0 saturated carbocycles. The topological polar surface area (TPSA) is 26.3 Å². The van der Waals surface area contributed by atoms with Crippen LogP contribution in [0.4, 0.5) is 13.2 Å². The van der Waals surface area contributed by atoms with E-state index in [0.717, 1.165) is 0 Å². The van der Waals surface area contributed by atoms with Gasteiger partial charge in [-0.2, -0.15) is 13.2 Å². The molecule has 0 aliphatic heterocycles. The molecule has 0 amide bonds. The summed E-state index contributed by atoms with van der Waals surface area (Å²) < 4.78 is 41.0. The molecule has 0 aliphatic carbocycles. The van der Waals surface area contributed by atoms with Crippen molar-refractivity contribution in [3.63, 3.8) is 0 Å². The lowest BCUT2D eigenvalue weighted by molar-refractivity contribution is -0.165. The summed E-state index contributed by atoms with van der Waals surface area (Å²) in [5, 5.41) is 0. The maximum atomic E-state index is 12.0. The Labute approximate surface area is 87.1 Å². The highest BCUT2D eigenvalue weighted by Crippen LogP contribution is 2.28. The molecular weight excluding hydrogens is 209 g/mol. The van der Waals surface area contributed by atoms with E-state index in [0.29, 0.717) is 6.08 Å². The third kappa shape index (κ3) is 4.85. The van der Waals surface area contributed by atoms with Crippen molar-refractivity contribution in [3.8, 4) is 0 Å². The lowest BCUT2D eigenvalue weighted by atomic mass is 9.93. The summed E-state index contributed by atoms with van der Waals surface area (Å²) in [7, 11) is 0. The highest BCUT2D eigenvalue weighted by Gasteiger charge is 2.38. The summed E-state index contributed by atoms with van der Waals surface area (Å²) in [4.78, 5) is 10.7. The molecule has 0 aromatic rings. The van der Waals surface area contributed by atoms with E-state index < -0.39 is 17.4 Å². The molecule has 0 fully saturated rings. The Balaban J connectivity index is 4.94. The largest absolute Gasteiger partial charge is 0.498 e. The van der Waals surface area contributed by atoms with Crippen LogP contribution in [-0.4, -0.2) is 18.6 Å². The van der Waals surface area contributed by atoms with E-state index in [1.807, 2.05) is 0 Å². The minimum absolute atomic E-state index is 0.0484. The second-order valence-corrected chi connectivity index (χ2v) is 4.05. The van der Waals surface area contributed by atoms with Gasteiger partial charge in [0.25, 0.3) is 5.78 Å². The van der Waals surface area contributed by atoms with Gasteiger partial charge in [-0.05, 0) is 6.92 Å². The highest BCUT2D eigenvalue weighted by atomic mass is 19.4. The van der Waals surface area contributed by atoms with Crippen molar-refractivity contribution in [2.75, 3.05) is 6.61 Å². The molecule has 0 aliphatic rings. The van der Waals surface area contributed by atoms with Gasteiger partial charge in [0.1, 0.15) is 5.76 Å². The van der Waals surface area contributed by atoms with Crippen LogP contribution in [0.25, 0.3) is 0 Å². The number of allylic oxidation sites excluding steroid dienone is 2. The Kier molecular flexibility index (Phi) is 4.37. The summed E-state index contributed by atoms with van der Waals surface area (Å²) in [6, 6.07) is 0. The lowest BCUT2D eigenvalue weighted by Gasteiger charge is -2.22. The van der Waals surface area contributed by atoms with Gasteiger partial charge < -0.3 is 4.74 Å². The van der Waals surface area contributed by atoms with Gasteiger partial charge in [0.15, 0.2) is 0 Å². The van der Waals surface area contributed by atoms with Crippen molar-refractivity contribution in [1.82, 2.24) is 0 Å². The number of rotatable bonds is 3. The van der Waals surface area contributed by atoms with Crippen molar-refractivity contribution < 1.29 is 22.7 Å². The fourth-order valence-electron chi connectivity index (χ4n) is 0.831. The molecular formula is C10H15F3O2. The molecule has 0 bridgehead atoms. The highest BCUT2D eigenvalue weighted by molar-refractivity contribution is 5.94. The van der Waals surface area contributed by atoms with Crippen LogP contribution in [0.3, 0.4) is 0 Å². The van der Waals surface area contributed by atoms with Crippen LogP contribution >= 0.6 is 0 Å². The van der Waals surface area contributed by atoms with Gasteiger partial charge in [0.05, 0.1) is 6.61 Å². The first-order chi connectivity index (χ1) is 6.59. The Morgan fingerprint density at radius 1 is 1.27 bits per heavy atom. The summed E-state index contributed by atoms with van der Waals surface area (Å²) >= 11 is 0. The quantitative estimate of drug-likeness (QED) is 0.544. The van der Waals surface area contributed by atoms with E-state index in [-0.39, 0.29) is 12.4 Å². The van der Waals surface area contributed by atoms with Crippen molar-refractivity contribution in [1.29, 1.82) is 0 Å². The van der Waals surface area contributed by atoms with E-state index in [1.54, 1.807) is 27.7 Å². The van der Waals surface area contributed by atoms with Crippen molar-refractivity contribution in [2.45, 2.75) is 33.9 Å². The van der Waals surface area contributed by atoms with E-state index in [4.69, 9.17) is 4.74 Å². The molecule has 88 valence electrons. The molecule has 0 spiro atoms. The van der Waals surface area contributed by atoms with E-state index >= 15 is 0 Å². The van der Waals surface area contributed by atoms with Crippen LogP contribution in [0, 0.1) is 5.41 Å². The van der Waals surface area contributed by atoms with Gasteiger partial charge in [-0.3, -0.25) is 4.79 Å². The molecule has 0 unspecified atom stereocenters. The Hall–Kier alpha value is -1.00. The van der Waals surface area contributed by atoms with Crippen LogP contribution in [-0.2, 0) is 9.53 Å². The van der Waals surface area contributed by atoms with Crippen LogP contribution in [0.1, 0.15) is 27.7 Å². The summed E-state index contributed by atoms with van der Waals surface area (Å²) in [5.74, 6) is -1.84. The van der Waals surface area contributed by atoms with Gasteiger partial charge in [-0.1, -0.05) is 20.8 Å². The van der Waals surface area contributed by atoms with E-state index in [2.05, 4.69) is 0 Å². The van der Waals surface area contributed by atoms with Gasteiger partial charge >= 0.3 is 6.18 Å². The molecule has 0 aromatic heterocycles. The van der Waals surface area contributed by atoms with Crippen molar-refractivity contribution in [3.05, 3.63) is 11.8 Å². The average molecular weight is 224 g/mol. The number of hydrogen-bond acceptors (Lipinski definition) is 2. The van der Waals surface area contributed by atoms with Crippen LogP contribution < -0.4 is 0 Å². The maximum absolute atomic E-state index is 12.0. The average Bonchev–Trinajstić information content (AvgIpc) is 1.99. The molecule has 0 aromatic carbocycles. The molecule has 0 rings (SSSR count). The minimum Gasteiger partial charge on any atom is -0.498 e. The zero-order chi connectivity index (χ0) is 12.3. The molecule has 15 heavy (non-hydrogen) atoms. The van der Waals surface area contributed by atoms with Crippen molar-refractivity contribution >= 4 is 5.78 Å². The van der Waals surface area contributed by atoms with Crippen LogP contribution in [0.15, 0.2) is 11.8 Å². The molecule has 0 atom stereocenters. The first-order valence-corrected chi connectivity index (χ1v) is 4.55. The summed E-state index contributed by atoms with van der Waals surface area (Å²) in [5.41, 5.74) is -0.614. The molecule has 0 radical (unpaired) electrons. The standard InChI is InChI=1S/C10H15F3O2/c1-5-15-8(9(2,3)4)6-7(14)10(11,12)13/h6H,5H2,1-4H3.